The Morgan fingerprint density at radius 2 is 2.03 bits per heavy atom. The van der Waals surface area contributed by atoms with Gasteiger partial charge in [-0.1, -0.05) is 18.2 Å². The lowest BCUT2D eigenvalue weighted by atomic mass is 9.98. The molecule has 2 heterocycles. The standard InChI is InChI=1S/C22H21F3N4O/c1-14-27-20(13-29(14)12-15-3-2-4-19(9-15)22(23,24)25)28-21(30)17-5-6-18-11-26-8-7-16(18)10-17/h2-6,9-10,13,26H,7-8,11-12H2,1H3,(H,28,30). The van der Waals surface area contributed by atoms with Crippen molar-refractivity contribution >= 4 is 11.7 Å². The Morgan fingerprint density at radius 3 is 2.83 bits per heavy atom. The normalized spacial score (nSPS) is 13.7. The Labute approximate surface area is 171 Å². The molecule has 1 aliphatic rings. The smallest absolute Gasteiger partial charge is 0.328 e. The van der Waals surface area contributed by atoms with Crippen molar-refractivity contribution in [2.45, 2.75) is 32.6 Å². The third kappa shape index (κ3) is 4.38. The second kappa shape index (κ2) is 7.95. The highest BCUT2D eigenvalue weighted by molar-refractivity contribution is 6.03. The number of anilines is 1. The fraction of sp³-hybridized carbons (Fsp3) is 0.273. The van der Waals surface area contributed by atoms with Gasteiger partial charge in [0.1, 0.15) is 5.82 Å². The van der Waals surface area contributed by atoms with E-state index in [9.17, 15) is 18.0 Å². The Bertz CT molecular complexity index is 1090. The van der Waals surface area contributed by atoms with Crippen LogP contribution < -0.4 is 10.6 Å². The first kappa shape index (κ1) is 20.2. The minimum absolute atomic E-state index is 0.227. The van der Waals surface area contributed by atoms with Gasteiger partial charge in [-0.05, 0) is 60.8 Å². The number of carbonyl (C=O) groups excluding carboxylic acids is 1. The van der Waals surface area contributed by atoms with Gasteiger partial charge in [0, 0.05) is 24.8 Å². The minimum atomic E-state index is -4.38. The summed E-state index contributed by atoms with van der Waals surface area (Å²) < 4.78 is 40.5. The molecule has 0 aliphatic carbocycles. The first-order valence-corrected chi connectivity index (χ1v) is 9.63. The van der Waals surface area contributed by atoms with Gasteiger partial charge in [0.15, 0.2) is 5.82 Å². The van der Waals surface area contributed by atoms with Crippen LogP contribution in [0.25, 0.3) is 0 Å². The molecule has 0 spiro atoms. The first-order valence-electron chi connectivity index (χ1n) is 9.63. The van der Waals surface area contributed by atoms with Crippen LogP contribution >= 0.6 is 0 Å². The molecule has 3 aromatic rings. The average Bonchev–Trinajstić information content (AvgIpc) is 3.05. The maximum absolute atomic E-state index is 12.9. The van der Waals surface area contributed by atoms with Gasteiger partial charge in [0.2, 0.25) is 0 Å². The molecule has 4 rings (SSSR count). The molecule has 156 valence electrons. The van der Waals surface area contributed by atoms with Crippen LogP contribution in [0.15, 0.2) is 48.7 Å². The zero-order valence-corrected chi connectivity index (χ0v) is 16.4. The van der Waals surface area contributed by atoms with E-state index in [1.807, 2.05) is 12.1 Å². The summed E-state index contributed by atoms with van der Waals surface area (Å²) in [4.78, 5) is 17.0. The lowest BCUT2D eigenvalue weighted by Crippen LogP contribution is -2.24. The lowest BCUT2D eigenvalue weighted by Gasteiger charge is -2.17. The van der Waals surface area contributed by atoms with Crippen molar-refractivity contribution in [2.24, 2.45) is 0 Å². The summed E-state index contributed by atoms with van der Waals surface area (Å²) in [6.07, 6.45) is -1.87. The first-order chi connectivity index (χ1) is 14.3. The van der Waals surface area contributed by atoms with Gasteiger partial charge in [-0.15, -0.1) is 0 Å². The number of carbonyl (C=O) groups is 1. The number of halogens is 3. The lowest BCUT2D eigenvalue weighted by molar-refractivity contribution is -0.137. The summed E-state index contributed by atoms with van der Waals surface area (Å²) in [5.41, 5.74) is 2.73. The average molecular weight is 414 g/mol. The minimum Gasteiger partial charge on any atom is -0.328 e. The highest BCUT2D eigenvalue weighted by Gasteiger charge is 2.30. The van der Waals surface area contributed by atoms with Crippen LogP contribution in [0, 0.1) is 6.92 Å². The fourth-order valence-corrected chi connectivity index (χ4v) is 3.58. The summed E-state index contributed by atoms with van der Waals surface area (Å²) in [6, 6.07) is 10.8. The number of hydrogen-bond acceptors (Lipinski definition) is 3. The predicted molar refractivity (Wildman–Crippen MR) is 107 cm³/mol. The summed E-state index contributed by atoms with van der Waals surface area (Å²) in [7, 11) is 0. The molecule has 0 saturated heterocycles. The van der Waals surface area contributed by atoms with Gasteiger partial charge in [-0.25, -0.2) is 4.98 Å². The maximum Gasteiger partial charge on any atom is 0.416 e. The van der Waals surface area contributed by atoms with Gasteiger partial charge < -0.3 is 15.2 Å². The third-order valence-corrected chi connectivity index (χ3v) is 5.18. The number of benzene rings is 2. The predicted octanol–water partition coefficient (Wildman–Crippen LogP) is 4.16. The second-order valence-electron chi connectivity index (χ2n) is 7.36. The zero-order chi connectivity index (χ0) is 21.3. The van der Waals surface area contributed by atoms with Crippen molar-refractivity contribution in [3.05, 3.63) is 82.3 Å². The number of hydrogen-bond donors (Lipinski definition) is 2. The Balaban J connectivity index is 1.48. The molecule has 5 nitrogen and oxygen atoms in total. The van der Waals surface area contributed by atoms with Gasteiger partial charge in [-0.2, -0.15) is 13.2 Å². The molecule has 30 heavy (non-hydrogen) atoms. The molecule has 0 bridgehead atoms. The monoisotopic (exact) mass is 414 g/mol. The topological polar surface area (TPSA) is 59.0 Å². The zero-order valence-electron chi connectivity index (χ0n) is 16.4. The van der Waals surface area contributed by atoms with Crippen molar-refractivity contribution < 1.29 is 18.0 Å². The SMILES string of the molecule is Cc1nc(NC(=O)c2ccc3c(c2)CCNC3)cn1Cc1cccc(C(F)(F)F)c1. The van der Waals surface area contributed by atoms with E-state index >= 15 is 0 Å². The molecule has 0 atom stereocenters. The number of alkyl halides is 3. The molecule has 0 saturated carbocycles. The third-order valence-electron chi connectivity index (χ3n) is 5.18. The van der Waals surface area contributed by atoms with Crippen molar-refractivity contribution in [1.82, 2.24) is 14.9 Å². The van der Waals surface area contributed by atoms with Crippen LogP contribution in [0.3, 0.4) is 0 Å². The molecule has 1 aliphatic heterocycles. The number of imidazole rings is 1. The summed E-state index contributed by atoms with van der Waals surface area (Å²) in [6.45, 7) is 3.66. The molecule has 0 unspecified atom stereocenters. The maximum atomic E-state index is 12.9. The molecule has 0 fully saturated rings. The Hall–Kier alpha value is -3.13. The molecule has 0 radical (unpaired) electrons. The van der Waals surface area contributed by atoms with Crippen LogP contribution in [-0.4, -0.2) is 22.0 Å². The number of aryl methyl sites for hydroxylation is 1. The van der Waals surface area contributed by atoms with E-state index in [4.69, 9.17) is 0 Å². The summed E-state index contributed by atoms with van der Waals surface area (Å²) in [5.74, 6) is 0.697. The van der Waals surface area contributed by atoms with E-state index in [0.29, 0.717) is 22.8 Å². The van der Waals surface area contributed by atoms with Crippen LogP contribution in [0.1, 0.15) is 38.4 Å². The van der Waals surface area contributed by atoms with E-state index in [-0.39, 0.29) is 12.5 Å². The molecule has 8 heteroatoms. The van der Waals surface area contributed by atoms with E-state index in [1.165, 1.54) is 11.6 Å². The van der Waals surface area contributed by atoms with Crippen molar-refractivity contribution in [2.75, 3.05) is 11.9 Å². The largest absolute Gasteiger partial charge is 0.416 e. The number of nitrogens with zero attached hydrogens (tertiary/aromatic N) is 2. The number of rotatable bonds is 4. The molecular weight excluding hydrogens is 393 g/mol. The van der Waals surface area contributed by atoms with Crippen molar-refractivity contribution in [1.29, 1.82) is 0 Å². The van der Waals surface area contributed by atoms with E-state index in [2.05, 4.69) is 15.6 Å². The molecule has 2 N–H and O–H groups in total. The van der Waals surface area contributed by atoms with E-state index in [0.717, 1.165) is 37.2 Å². The van der Waals surface area contributed by atoms with E-state index < -0.39 is 11.7 Å². The van der Waals surface area contributed by atoms with Gasteiger partial charge in [0.05, 0.1) is 5.56 Å². The fourth-order valence-electron chi connectivity index (χ4n) is 3.58. The molecule has 1 aromatic heterocycles. The Morgan fingerprint density at radius 1 is 1.20 bits per heavy atom. The quantitative estimate of drug-likeness (QED) is 0.674. The van der Waals surface area contributed by atoms with Crippen LogP contribution in [-0.2, 0) is 25.7 Å². The highest BCUT2D eigenvalue weighted by atomic mass is 19.4. The number of nitrogens with one attached hydrogen (secondary N) is 2. The van der Waals surface area contributed by atoms with Crippen molar-refractivity contribution in [3.63, 3.8) is 0 Å². The highest BCUT2D eigenvalue weighted by Crippen LogP contribution is 2.29. The number of amides is 1. The summed E-state index contributed by atoms with van der Waals surface area (Å²) in [5, 5.41) is 6.08. The number of aromatic nitrogens is 2. The van der Waals surface area contributed by atoms with Crippen LogP contribution in [0.5, 0.6) is 0 Å². The van der Waals surface area contributed by atoms with Crippen molar-refractivity contribution in [3.8, 4) is 0 Å². The molecule has 2 aromatic carbocycles. The van der Waals surface area contributed by atoms with Gasteiger partial charge in [-0.3, -0.25) is 4.79 Å². The van der Waals surface area contributed by atoms with Crippen LogP contribution in [0.4, 0.5) is 19.0 Å². The van der Waals surface area contributed by atoms with E-state index in [1.54, 1.807) is 29.8 Å². The summed E-state index contributed by atoms with van der Waals surface area (Å²) >= 11 is 0. The van der Waals surface area contributed by atoms with Gasteiger partial charge in [0.25, 0.3) is 5.91 Å². The Kier molecular flexibility index (Phi) is 5.34. The van der Waals surface area contributed by atoms with Gasteiger partial charge >= 0.3 is 6.18 Å². The molecule has 1 amide bonds. The van der Waals surface area contributed by atoms with Crippen LogP contribution in [0.2, 0.25) is 0 Å². The number of fused-ring (bicyclic) bond motifs is 1. The second-order valence-corrected chi connectivity index (χ2v) is 7.36. The molecular formula is C22H21F3N4O.